The number of likely N-dealkylation sites (tertiary alicyclic amines) is 1. The lowest BCUT2D eigenvalue weighted by molar-refractivity contribution is -0.149. The number of imide groups is 1. The van der Waals surface area contributed by atoms with E-state index in [1.54, 1.807) is 16.3 Å². The average molecular weight is 519 g/mol. The smallest absolute Gasteiger partial charge is 0.323 e. The van der Waals surface area contributed by atoms with Gasteiger partial charge < -0.3 is 5.11 Å². The van der Waals surface area contributed by atoms with Crippen LogP contribution in [0.15, 0.2) is 70.5 Å². The number of hydrogen-bond acceptors (Lipinski definition) is 6. The maximum Gasteiger partial charge on any atom is 0.323 e. The fourth-order valence-electron chi connectivity index (χ4n) is 7.26. The van der Waals surface area contributed by atoms with Crippen LogP contribution in [-0.4, -0.2) is 44.2 Å². The molecule has 4 aliphatic rings. The summed E-state index contributed by atoms with van der Waals surface area (Å²) >= 11 is 2.95. The Balaban J connectivity index is 1.38. The Bertz CT molecular complexity index is 1470. The molecule has 1 aromatic heterocycles. The minimum atomic E-state index is -1.17. The zero-order valence-corrected chi connectivity index (χ0v) is 20.7. The number of benzene rings is 2. The Morgan fingerprint density at radius 3 is 2.22 bits per heavy atom. The number of carbonyl (C=O) groups excluding carboxylic acids is 2. The molecule has 0 spiro atoms. The number of carbonyl (C=O) groups is 3. The topological polar surface area (TPSA) is 96.7 Å². The first-order valence-electron chi connectivity index (χ1n) is 12.1. The minimum Gasteiger partial charge on any atom is -0.480 e. The second-order valence-corrected chi connectivity index (χ2v) is 12.2. The summed E-state index contributed by atoms with van der Waals surface area (Å²) in [4.78, 5) is 53.2. The van der Waals surface area contributed by atoms with Crippen LogP contribution in [0.3, 0.4) is 0 Å². The number of nitrogens with zero attached hydrogens (tertiary/aromatic N) is 2. The van der Waals surface area contributed by atoms with Crippen LogP contribution in [0.5, 0.6) is 0 Å². The first kappa shape index (κ1) is 22.1. The number of para-hydroxylation sites is 1. The van der Waals surface area contributed by atoms with Crippen molar-refractivity contribution in [1.29, 1.82) is 0 Å². The monoisotopic (exact) mass is 518 g/mol. The molecule has 1 N–H and O–H groups in total. The Kier molecular flexibility index (Phi) is 4.85. The fraction of sp³-hybridized carbons (Fsp3) is 0.333. The number of carboxylic acid groups (broad SMARTS) is 1. The Hall–Kier alpha value is -3.17. The molecule has 36 heavy (non-hydrogen) atoms. The number of thioether (sulfide) groups is 1. The second kappa shape index (κ2) is 7.91. The molecule has 0 radical (unpaired) electrons. The molecule has 2 saturated carbocycles. The molecule has 2 aromatic carbocycles. The molecule has 7 atom stereocenters. The normalized spacial score (nSPS) is 31.9. The summed E-state index contributed by atoms with van der Waals surface area (Å²) < 4.78 is 1.79. The van der Waals surface area contributed by atoms with E-state index in [-0.39, 0.29) is 45.6 Å². The molecule has 2 aliphatic heterocycles. The maximum atomic E-state index is 13.3. The summed E-state index contributed by atoms with van der Waals surface area (Å²) in [7, 11) is 0. The number of fused-ring (bicyclic) bond motifs is 9. The van der Waals surface area contributed by atoms with Crippen molar-refractivity contribution in [3.8, 4) is 5.69 Å². The van der Waals surface area contributed by atoms with Crippen molar-refractivity contribution in [3.63, 3.8) is 0 Å². The quantitative estimate of drug-likeness (QED) is 0.532. The largest absolute Gasteiger partial charge is 0.480 e. The third kappa shape index (κ3) is 2.93. The number of hydrogen-bond donors (Lipinski definition) is 1. The van der Waals surface area contributed by atoms with Crippen molar-refractivity contribution in [2.75, 3.05) is 6.54 Å². The van der Waals surface area contributed by atoms with Gasteiger partial charge in [-0.15, -0.1) is 11.8 Å². The summed E-state index contributed by atoms with van der Waals surface area (Å²) in [5.74, 6) is -2.79. The van der Waals surface area contributed by atoms with E-state index >= 15 is 0 Å². The molecule has 7 nitrogen and oxygen atoms in total. The molecular formula is C27H22N2O5S2. The highest BCUT2D eigenvalue weighted by Crippen LogP contribution is 2.68. The fourth-order valence-corrected chi connectivity index (χ4v) is 10.4. The van der Waals surface area contributed by atoms with E-state index in [1.165, 1.54) is 11.3 Å². The van der Waals surface area contributed by atoms with Crippen molar-refractivity contribution in [2.45, 2.75) is 22.6 Å². The van der Waals surface area contributed by atoms with Gasteiger partial charge in [0.1, 0.15) is 6.54 Å². The van der Waals surface area contributed by atoms with Gasteiger partial charge in [0.2, 0.25) is 11.8 Å². The number of aliphatic carboxylic acids is 1. The van der Waals surface area contributed by atoms with E-state index in [1.807, 2.05) is 48.5 Å². The number of thiazole rings is 1. The van der Waals surface area contributed by atoms with Crippen LogP contribution in [0.2, 0.25) is 0 Å². The molecule has 2 aliphatic carbocycles. The van der Waals surface area contributed by atoms with Gasteiger partial charge >= 0.3 is 10.8 Å². The predicted octanol–water partition coefficient (Wildman–Crippen LogP) is 3.46. The van der Waals surface area contributed by atoms with E-state index < -0.39 is 24.3 Å². The van der Waals surface area contributed by atoms with Crippen LogP contribution in [0.4, 0.5) is 0 Å². The van der Waals surface area contributed by atoms with Crippen LogP contribution in [0.25, 0.3) is 5.69 Å². The van der Waals surface area contributed by atoms with Gasteiger partial charge in [-0.1, -0.05) is 59.9 Å². The highest BCUT2D eigenvalue weighted by Gasteiger charge is 2.69. The van der Waals surface area contributed by atoms with Gasteiger partial charge in [0.25, 0.3) is 0 Å². The first-order chi connectivity index (χ1) is 17.5. The van der Waals surface area contributed by atoms with E-state index in [0.29, 0.717) is 0 Å². The maximum absolute atomic E-state index is 13.3. The SMILES string of the molecule is O=C(O)CN1C(=O)[C@@H]2[C@H]3C[C@@H]([C@H]4Sc5c(sc(=O)n5-c5ccccc5)[C@H](c5ccccc5)[C@@H]34)[C@H]2C1=O. The highest BCUT2D eigenvalue weighted by molar-refractivity contribution is 8.00. The van der Waals surface area contributed by atoms with Crippen LogP contribution < -0.4 is 4.87 Å². The van der Waals surface area contributed by atoms with Gasteiger partial charge in [-0.2, -0.15) is 0 Å². The number of rotatable bonds is 4. The van der Waals surface area contributed by atoms with Crippen molar-refractivity contribution in [3.05, 3.63) is 80.8 Å². The van der Waals surface area contributed by atoms with E-state index in [9.17, 15) is 24.3 Å². The summed E-state index contributed by atoms with van der Waals surface area (Å²) in [6.45, 7) is -0.574. The van der Waals surface area contributed by atoms with Crippen molar-refractivity contribution >= 4 is 40.9 Å². The van der Waals surface area contributed by atoms with Gasteiger partial charge in [0.05, 0.1) is 22.5 Å². The predicted molar refractivity (Wildman–Crippen MR) is 134 cm³/mol. The van der Waals surface area contributed by atoms with E-state index in [2.05, 4.69) is 12.1 Å². The average Bonchev–Trinajstić information content (AvgIpc) is 3.59. The first-order valence-corrected chi connectivity index (χ1v) is 13.7. The van der Waals surface area contributed by atoms with Gasteiger partial charge in [-0.3, -0.25) is 28.6 Å². The zero-order chi connectivity index (χ0) is 24.7. The van der Waals surface area contributed by atoms with Crippen LogP contribution in [0, 0.1) is 29.6 Å². The summed E-state index contributed by atoms with van der Waals surface area (Å²) in [6.07, 6.45) is 0.782. The highest BCUT2D eigenvalue weighted by atomic mass is 32.2. The molecule has 7 rings (SSSR count). The lowest BCUT2D eigenvalue weighted by Crippen LogP contribution is -2.43. The molecule has 3 heterocycles. The number of aromatic nitrogens is 1. The molecule has 0 unspecified atom stereocenters. The molecule has 1 saturated heterocycles. The van der Waals surface area contributed by atoms with Crippen LogP contribution >= 0.6 is 23.1 Å². The summed E-state index contributed by atoms with van der Waals surface area (Å²) in [5, 5.41) is 10.3. The molecule has 182 valence electrons. The second-order valence-electron chi connectivity index (χ2n) is 10.0. The molecule has 2 bridgehead atoms. The Morgan fingerprint density at radius 2 is 1.56 bits per heavy atom. The molecule has 3 fully saturated rings. The lowest BCUT2D eigenvalue weighted by Gasteiger charge is -2.43. The summed E-state index contributed by atoms with van der Waals surface area (Å²) in [6, 6.07) is 19.7. The Labute approximate surface area is 214 Å². The third-order valence-electron chi connectivity index (χ3n) is 8.43. The van der Waals surface area contributed by atoms with E-state index in [0.717, 1.165) is 32.5 Å². The zero-order valence-electron chi connectivity index (χ0n) is 19.0. The molecule has 2 amide bonds. The van der Waals surface area contributed by atoms with E-state index in [4.69, 9.17) is 0 Å². The van der Waals surface area contributed by atoms with Crippen LogP contribution in [0.1, 0.15) is 22.8 Å². The lowest BCUT2D eigenvalue weighted by atomic mass is 9.68. The number of amides is 2. The van der Waals surface area contributed by atoms with Crippen molar-refractivity contribution in [1.82, 2.24) is 9.47 Å². The third-order valence-corrected chi connectivity index (χ3v) is 11.1. The summed E-state index contributed by atoms with van der Waals surface area (Å²) in [5.41, 5.74) is 1.93. The van der Waals surface area contributed by atoms with Crippen molar-refractivity contribution < 1.29 is 19.5 Å². The Morgan fingerprint density at radius 1 is 0.917 bits per heavy atom. The molecule has 3 aromatic rings. The minimum absolute atomic E-state index is 0.0199. The van der Waals surface area contributed by atoms with Crippen molar-refractivity contribution in [2.24, 2.45) is 29.6 Å². The van der Waals surface area contributed by atoms with Gasteiger partial charge in [-0.25, -0.2) is 0 Å². The van der Waals surface area contributed by atoms with Gasteiger partial charge in [0, 0.05) is 16.0 Å². The molecule has 9 heteroatoms. The number of carboxylic acids is 1. The van der Waals surface area contributed by atoms with Crippen LogP contribution in [-0.2, 0) is 14.4 Å². The molecular weight excluding hydrogens is 496 g/mol. The standard InChI is InChI=1S/C27H22N2O5S2/c30-17(31)12-28-24(32)20-15-11-16(21(20)25(28)33)22-19(15)18(13-7-3-1-4-8-13)23-26(35-22)29(27(34)36-23)14-9-5-2-6-10-14/h1-10,15-16,18-22H,11-12H2,(H,30,31)/t15-,16+,18+,19+,20+,21+,22+/m0/s1. The van der Waals surface area contributed by atoms with Gasteiger partial charge in [0.15, 0.2) is 0 Å². The van der Waals surface area contributed by atoms with Gasteiger partial charge in [-0.05, 0) is 41.9 Å².